The zero-order valence-corrected chi connectivity index (χ0v) is 67.4. The minimum atomic E-state index is -1.08. The maximum absolute atomic E-state index is 13.9. The molecule has 6 aliphatic heterocycles. The van der Waals surface area contributed by atoms with Crippen LogP contribution >= 0.6 is 15.9 Å². The fourth-order valence-electron chi connectivity index (χ4n) is 18.5. The van der Waals surface area contributed by atoms with Crippen molar-refractivity contribution in [1.29, 1.82) is 0 Å². The number of Topliss-reactive ketones (excluding diaryl/α,β-unsaturated/α-hetero) is 2. The highest BCUT2D eigenvalue weighted by Gasteiger charge is 2.67. The molecule has 0 aromatic heterocycles. The number of amides is 4. The predicted molar refractivity (Wildman–Crippen MR) is 423 cm³/mol. The Morgan fingerprint density at radius 1 is 0.421 bits per heavy atom. The molecular weight excluding hydrogens is 1400 g/mol. The van der Waals surface area contributed by atoms with Crippen LogP contribution in [-0.4, -0.2) is 139 Å². The SMILES string of the molecule is CC(C)CBr.CC(C)CN1CC=C2C(c3ccccc3)(CCC3(OCCO3)C2(C)C)C1=O.CC1(C)C2=CCNC(=O)C2(c2ccccc2)CCC12OCCO2.[C-]#[N+]C1=C[C@@]2(c3ccccc3)C(=O)N(CC(C)C)CC=C2C(C)(C)C1=O.[C-]#[N+]C1=C[C@]2(c3ccccc3)C(=O)N(CC(C)C)CC=C2C(C)(C)C1=O. The van der Waals surface area contributed by atoms with Crippen LogP contribution in [0.5, 0.6) is 0 Å². The van der Waals surface area contributed by atoms with Crippen LogP contribution in [0.3, 0.4) is 0 Å². The maximum Gasteiger partial charge on any atom is 0.240 e. The first-order valence-electron chi connectivity index (χ1n) is 38.3. The quantitative estimate of drug-likeness (QED) is 0.0866. The van der Waals surface area contributed by atoms with E-state index >= 15 is 0 Å². The van der Waals surface area contributed by atoms with Crippen molar-refractivity contribution in [3.63, 3.8) is 0 Å². The van der Waals surface area contributed by atoms with Gasteiger partial charge in [0.2, 0.25) is 35.0 Å². The molecule has 0 bridgehead atoms. The zero-order chi connectivity index (χ0) is 77.9. The Morgan fingerprint density at radius 3 is 1.07 bits per heavy atom. The number of ketones is 2. The molecule has 4 amide bonds. The number of nitrogens with one attached hydrogen (secondary N) is 1. The summed E-state index contributed by atoms with van der Waals surface area (Å²) in [5.74, 6) is 0.526. The van der Waals surface area contributed by atoms with Crippen molar-refractivity contribution in [3.8, 4) is 0 Å². The van der Waals surface area contributed by atoms with Gasteiger partial charge >= 0.3 is 0 Å². The average Bonchev–Trinajstić information content (AvgIpc) is 1.60. The molecule has 4 fully saturated rings. The number of rotatable bonds is 11. The van der Waals surface area contributed by atoms with Crippen LogP contribution < -0.4 is 5.32 Å². The fourth-order valence-corrected chi connectivity index (χ4v) is 18.5. The van der Waals surface area contributed by atoms with E-state index in [4.69, 9.17) is 32.1 Å². The second-order valence-corrected chi connectivity index (χ2v) is 34.4. The Bertz CT molecular complexity index is 4130. The van der Waals surface area contributed by atoms with Crippen molar-refractivity contribution in [2.45, 2.75) is 170 Å². The molecule has 4 aliphatic carbocycles. The molecule has 1 N–H and O–H groups in total. The molecule has 2 unspecified atom stereocenters. The summed E-state index contributed by atoms with van der Waals surface area (Å²) in [5.41, 5.74) is 1.90. The third-order valence-electron chi connectivity index (χ3n) is 23.5. The summed E-state index contributed by atoms with van der Waals surface area (Å²) in [5, 5.41) is 4.16. The van der Waals surface area contributed by atoms with Crippen LogP contribution in [0.1, 0.15) is 159 Å². The Hall–Kier alpha value is -8.16. The number of allylic oxidation sites excluding steroid dienone is 2. The van der Waals surface area contributed by atoms with E-state index in [1.165, 1.54) is 5.57 Å². The van der Waals surface area contributed by atoms with Crippen molar-refractivity contribution >= 4 is 51.1 Å². The van der Waals surface area contributed by atoms with Crippen LogP contribution in [0.4, 0.5) is 0 Å². The molecule has 16 nitrogen and oxygen atoms in total. The maximum atomic E-state index is 13.9. The number of ether oxygens (including phenoxy) is 4. The van der Waals surface area contributed by atoms with Crippen LogP contribution in [0.2, 0.25) is 0 Å². The third kappa shape index (κ3) is 14.3. The zero-order valence-electron chi connectivity index (χ0n) is 65.8. The highest BCUT2D eigenvalue weighted by atomic mass is 79.9. The van der Waals surface area contributed by atoms with Gasteiger partial charge in [0.15, 0.2) is 23.1 Å². The average molecular weight is 1520 g/mol. The van der Waals surface area contributed by atoms with E-state index in [1.54, 1.807) is 12.2 Å². The number of carbonyl (C=O) groups excluding carboxylic acids is 6. The van der Waals surface area contributed by atoms with Crippen molar-refractivity contribution in [2.24, 2.45) is 45.3 Å². The number of nitrogens with zero attached hydrogens (tertiary/aromatic N) is 5. The van der Waals surface area contributed by atoms with E-state index in [-0.39, 0.29) is 57.4 Å². The first kappa shape index (κ1) is 81.4. The van der Waals surface area contributed by atoms with Crippen LogP contribution in [0, 0.1) is 58.5 Å². The first-order valence-corrected chi connectivity index (χ1v) is 39.4. The summed E-state index contributed by atoms with van der Waals surface area (Å²) in [7, 11) is 0. The number of benzene rings is 4. The minimum absolute atomic E-state index is 0.0448. The summed E-state index contributed by atoms with van der Waals surface area (Å²) in [4.78, 5) is 92.6. The van der Waals surface area contributed by atoms with Gasteiger partial charge in [-0.3, -0.25) is 19.2 Å². The number of halogens is 1. The molecule has 17 heteroatoms. The summed E-state index contributed by atoms with van der Waals surface area (Å²) >= 11 is 3.31. The Labute approximate surface area is 644 Å². The smallest absolute Gasteiger partial charge is 0.240 e. The number of hydrogen-bond acceptors (Lipinski definition) is 10. The predicted octanol–water partition coefficient (Wildman–Crippen LogP) is 16.0. The van der Waals surface area contributed by atoms with Gasteiger partial charge < -0.3 is 48.6 Å². The Morgan fingerprint density at radius 2 is 0.729 bits per heavy atom. The van der Waals surface area contributed by atoms with Crippen LogP contribution in [0.25, 0.3) is 9.69 Å². The lowest BCUT2D eigenvalue weighted by atomic mass is 9.53. The Kier molecular flexibility index (Phi) is 24.2. The molecule has 107 heavy (non-hydrogen) atoms. The number of fused-ring (bicyclic) bond motifs is 4. The van der Waals surface area contributed by atoms with Gasteiger partial charge in [-0.05, 0) is 81.1 Å². The van der Waals surface area contributed by atoms with Gasteiger partial charge in [0, 0.05) is 85.6 Å². The lowest BCUT2D eigenvalue weighted by molar-refractivity contribution is -0.236. The van der Waals surface area contributed by atoms with Crippen molar-refractivity contribution < 1.29 is 47.7 Å². The van der Waals surface area contributed by atoms with E-state index in [9.17, 15) is 28.8 Å². The first-order chi connectivity index (χ1) is 50.6. The van der Waals surface area contributed by atoms with Gasteiger partial charge in [-0.15, -0.1) is 0 Å². The standard InChI is InChI=1S/C23H31NO3.2C22H24N2O2.C19H23NO3.C4H9Br/c1-17(2)16-24-13-10-19-21(3,4)23(26-14-15-27-23)12-11-22(19,20(24)25)18-8-6-5-7-9-18;2*1-15(2)14-24-12-11-18-21(3,4)19(25)17(23-5)13-22(18,20(24)26)16-9-7-6-8-10-16;1-17(2)15-8-11-20-16(21)18(15,14-6-4-3-5-7-14)9-10-19(17)22-12-13-23-19;1-4(2)3-5/h5-10,17H,11-16H2,1-4H3;2*6-11,13,15H,12,14H2,1-4H3;3-8H,9-13H2,1-2H3,(H,20,21);4H,3H2,1-2H3/t;2*22-;;/m.10../s1. The third-order valence-corrected chi connectivity index (χ3v) is 24.8. The molecule has 4 aromatic carbocycles. The highest BCUT2D eigenvalue weighted by Crippen LogP contribution is 2.63. The number of alkyl halides is 1. The van der Waals surface area contributed by atoms with Crippen molar-refractivity contribution in [2.75, 3.05) is 77.6 Å². The van der Waals surface area contributed by atoms with Gasteiger partial charge in [0.1, 0.15) is 10.8 Å². The van der Waals surface area contributed by atoms with Crippen molar-refractivity contribution in [3.05, 3.63) is 237 Å². The monoisotopic (exact) mass is 1510 g/mol. The molecule has 4 atom stereocenters. The van der Waals surface area contributed by atoms with Crippen LogP contribution in [0.15, 0.2) is 191 Å². The largest absolute Gasteiger partial charge is 0.352 e. The fraction of sp³-hybridized carbons (Fsp3) is 0.511. The highest BCUT2D eigenvalue weighted by molar-refractivity contribution is 9.09. The van der Waals surface area contributed by atoms with E-state index in [1.807, 2.05) is 152 Å². The summed E-state index contributed by atoms with van der Waals surface area (Å²) in [6.07, 6.45) is 14.6. The van der Waals surface area contributed by atoms with E-state index < -0.39 is 44.1 Å². The number of carbonyl (C=O) groups is 6. The number of hydrogen-bond donors (Lipinski definition) is 1. The van der Waals surface area contributed by atoms with Gasteiger partial charge in [0.25, 0.3) is 0 Å². The molecule has 0 radical (unpaired) electrons. The molecule has 2 saturated carbocycles. The molecule has 4 aromatic rings. The molecule has 10 aliphatic rings. The van der Waals surface area contributed by atoms with Gasteiger partial charge in [-0.1, -0.05) is 284 Å². The topological polar surface area (TPSA) is 170 Å². The van der Waals surface area contributed by atoms with Crippen LogP contribution in [-0.2, 0) is 69.4 Å². The van der Waals surface area contributed by atoms with E-state index in [0.29, 0.717) is 89.9 Å². The van der Waals surface area contributed by atoms with Gasteiger partial charge in [-0.25, -0.2) is 9.69 Å². The molecule has 14 rings (SSSR count). The molecule has 2 spiro atoms. The molecule has 568 valence electrons. The Balaban J connectivity index is 0.000000149. The summed E-state index contributed by atoms with van der Waals surface area (Å²) < 4.78 is 24.5. The lowest BCUT2D eigenvalue weighted by Crippen LogP contribution is -2.63. The summed E-state index contributed by atoms with van der Waals surface area (Å²) in [6.45, 7) is 54.8. The molecule has 2 saturated heterocycles. The van der Waals surface area contributed by atoms with Gasteiger partial charge in [-0.2, -0.15) is 0 Å². The normalized spacial score (nSPS) is 26.6. The molecule has 6 heterocycles. The second kappa shape index (κ2) is 31.8. The van der Waals surface area contributed by atoms with E-state index in [2.05, 4.69) is 150 Å². The van der Waals surface area contributed by atoms with Gasteiger partial charge in [0.05, 0.1) is 50.4 Å². The van der Waals surface area contributed by atoms with E-state index in [0.717, 1.165) is 76.0 Å². The van der Waals surface area contributed by atoms with Crippen molar-refractivity contribution in [1.82, 2.24) is 20.0 Å². The summed E-state index contributed by atoms with van der Waals surface area (Å²) in [6, 6.07) is 39.4. The molecular formula is C90H111BrN6O10. The lowest BCUT2D eigenvalue weighted by Gasteiger charge is -2.57. The second-order valence-electron chi connectivity index (χ2n) is 33.8. The minimum Gasteiger partial charge on any atom is -0.352 e.